The van der Waals surface area contributed by atoms with Gasteiger partial charge in [0.15, 0.2) is 0 Å². The minimum absolute atomic E-state index is 0.378. The average Bonchev–Trinajstić information content (AvgIpc) is 2.06. The van der Waals surface area contributed by atoms with Crippen LogP contribution in [0.25, 0.3) is 0 Å². The normalized spacial score (nSPS) is 12.9. The van der Waals surface area contributed by atoms with Crippen LogP contribution in [0.4, 0.5) is 0 Å². The summed E-state index contributed by atoms with van der Waals surface area (Å²) in [4.78, 5) is 0. The Balaban J connectivity index is 2.68. The van der Waals surface area contributed by atoms with Gasteiger partial charge in [0.1, 0.15) is 0 Å². The maximum Gasteiger partial charge on any atom is 0.0880 e. The Morgan fingerprint density at radius 3 is 2.50 bits per heavy atom. The molecule has 1 atom stereocenters. The van der Waals surface area contributed by atoms with Crippen LogP contribution in [0.5, 0.6) is 0 Å². The predicted molar refractivity (Wildman–Crippen MR) is 54.8 cm³/mol. The van der Waals surface area contributed by atoms with Crippen LogP contribution in [0.15, 0.2) is 24.3 Å². The summed E-state index contributed by atoms with van der Waals surface area (Å²) >= 11 is 7.33. The van der Waals surface area contributed by atoms with E-state index in [1.54, 1.807) is 23.9 Å². The van der Waals surface area contributed by atoms with E-state index in [9.17, 15) is 5.11 Å². The molecule has 1 rings (SSSR count). The molecule has 1 aromatic carbocycles. The van der Waals surface area contributed by atoms with Crippen LogP contribution in [-0.4, -0.2) is 17.1 Å². The molecule has 0 fully saturated rings. The Bertz CT molecular complexity index is 235. The van der Waals surface area contributed by atoms with Gasteiger partial charge in [0, 0.05) is 10.8 Å². The third kappa shape index (κ3) is 2.70. The number of hydrogen-bond acceptors (Lipinski definition) is 2. The standard InChI is InChI=1S/C9H11ClOS/c1-12-6-9(11)7-2-4-8(10)5-3-7/h2-5,9,11H,6H2,1H3. The second-order valence-corrected chi connectivity index (χ2v) is 3.87. The van der Waals surface area contributed by atoms with Gasteiger partial charge < -0.3 is 5.11 Å². The summed E-state index contributed by atoms with van der Waals surface area (Å²) in [6, 6.07) is 7.29. The smallest absolute Gasteiger partial charge is 0.0880 e. The van der Waals surface area contributed by atoms with Crippen molar-refractivity contribution < 1.29 is 5.11 Å². The van der Waals surface area contributed by atoms with Crippen LogP contribution in [0.3, 0.4) is 0 Å². The van der Waals surface area contributed by atoms with E-state index in [-0.39, 0.29) is 6.10 Å². The monoisotopic (exact) mass is 202 g/mol. The van der Waals surface area contributed by atoms with Crippen LogP contribution in [0, 0.1) is 0 Å². The lowest BCUT2D eigenvalue weighted by Crippen LogP contribution is -1.99. The quantitative estimate of drug-likeness (QED) is 0.814. The van der Waals surface area contributed by atoms with Crippen molar-refractivity contribution in [3.8, 4) is 0 Å². The van der Waals surface area contributed by atoms with Gasteiger partial charge in [0.2, 0.25) is 0 Å². The molecular weight excluding hydrogens is 192 g/mol. The van der Waals surface area contributed by atoms with E-state index in [1.165, 1.54) is 0 Å². The summed E-state index contributed by atoms with van der Waals surface area (Å²) in [5.41, 5.74) is 0.925. The molecule has 0 bridgehead atoms. The second kappa shape index (κ2) is 4.75. The lowest BCUT2D eigenvalue weighted by molar-refractivity contribution is 0.204. The zero-order valence-corrected chi connectivity index (χ0v) is 8.40. The largest absolute Gasteiger partial charge is 0.388 e. The lowest BCUT2D eigenvalue weighted by atomic mass is 10.1. The molecule has 0 saturated carbocycles. The molecule has 1 N–H and O–H groups in total. The number of thioether (sulfide) groups is 1. The van der Waals surface area contributed by atoms with Crippen molar-refractivity contribution in [1.82, 2.24) is 0 Å². The zero-order valence-electron chi connectivity index (χ0n) is 6.83. The second-order valence-electron chi connectivity index (χ2n) is 2.52. The van der Waals surface area contributed by atoms with Crippen molar-refractivity contribution in [3.05, 3.63) is 34.9 Å². The molecule has 1 unspecified atom stereocenters. The summed E-state index contributed by atoms with van der Waals surface area (Å²) in [5.74, 6) is 0.724. The van der Waals surface area contributed by atoms with Crippen LogP contribution < -0.4 is 0 Å². The van der Waals surface area contributed by atoms with Gasteiger partial charge in [-0.25, -0.2) is 0 Å². The van der Waals surface area contributed by atoms with Crippen molar-refractivity contribution in [2.24, 2.45) is 0 Å². The Morgan fingerprint density at radius 1 is 1.42 bits per heavy atom. The minimum atomic E-state index is -0.378. The van der Waals surface area contributed by atoms with Gasteiger partial charge in [-0.3, -0.25) is 0 Å². The third-order valence-electron chi connectivity index (χ3n) is 1.58. The maximum absolute atomic E-state index is 9.55. The van der Waals surface area contributed by atoms with E-state index in [1.807, 2.05) is 18.4 Å². The average molecular weight is 203 g/mol. The SMILES string of the molecule is CSCC(O)c1ccc(Cl)cc1. The molecule has 0 saturated heterocycles. The van der Waals surface area contributed by atoms with E-state index in [4.69, 9.17) is 11.6 Å². The molecule has 0 aliphatic rings. The fourth-order valence-corrected chi connectivity index (χ4v) is 1.57. The number of hydrogen-bond donors (Lipinski definition) is 1. The van der Waals surface area contributed by atoms with Gasteiger partial charge >= 0.3 is 0 Å². The van der Waals surface area contributed by atoms with Crippen LogP contribution >= 0.6 is 23.4 Å². The summed E-state index contributed by atoms with van der Waals surface area (Å²) in [5, 5.41) is 10.3. The highest BCUT2D eigenvalue weighted by molar-refractivity contribution is 7.98. The van der Waals surface area contributed by atoms with Crippen molar-refractivity contribution in [1.29, 1.82) is 0 Å². The zero-order chi connectivity index (χ0) is 8.97. The van der Waals surface area contributed by atoms with Crippen molar-refractivity contribution in [2.75, 3.05) is 12.0 Å². The highest BCUT2D eigenvalue weighted by Gasteiger charge is 2.04. The summed E-state index contributed by atoms with van der Waals surface area (Å²) in [7, 11) is 0. The molecule has 0 aliphatic heterocycles. The summed E-state index contributed by atoms with van der Waals surface area (Å²) in [6.45, 7) is 0. The molecule has 1 aromatic rings. The number of rotatable bonds is 3. The minimum Gasteiger partial charge on any atom is -0.388 e. The van der Waals surface area contributed by atoms with E-state index < -0.39 is 0 Å². The molecule has 66 valence electrons. The summed E-state index contributed by atoms with van der Waals surface area (Å²) < 4.78 is 0. The van der Waals surface area contributed by atoms with E-state index in [2.05, 4.69) is 0 Å². The molecule has 1 nitrogen and oxygen atoms in total. The first kappa shape index (κ1) is 9.90. The van der Waals surface area contributed by atoms with Crippen molar-refractivity contribution in [3.63, 3.8) is 0 Å². The lowest BCUT2D eigenvalue weighted by Gasteiger charge is -2.08. The Labute approximate surface area is 81.7 Å². The molecule has 0 aliphatic carbocycles. The third-order valence-corrected chi connectivity index (χ3v) is 2.48. The molecule has 0 spiro atoms. The molecular formula is C9H11ClOS. The predicted octanol–water partition coefficient (Wildman–Crippen LogP) is 2.74. The van der Waals surface area contributed by atoms with Gasteiger partial charge in [-0.15, -0.1) is 0 Å². The van der Waals surface area contributed by atoms with Crippen LogP contribution in [-0.2, 0) is 0 Å². The van der Waals surface area contributed by atoms with E-state index in [0.29, 0.717) is 5.02 Å². The first-order valence-corrected chi connectivity index (χ1v) is 5.43. The van der Waals surface area contributed by atoms with Gasteiger partial charge in [0.05, 0.1) is 6.10 Å². The number of benzene rings is 1. The van der Waals surface area contributed by atoms with Crippen molar-refractivity contribution >= 4 is 23.4 Å². The van der Waals surface area contributed by atoms with Gasteiger partial charge in [0.25, 0.3) is 0 Å². The van der Waals surface area contributed by atoms with Crippen LogP contribution in [0.2, 0.25) is 5.02 Å². The molecule has 0 heterocycles. The van der Waals surface area contributed by atoms with E-state index >= 15 is 0 Å². The number of aliphatic hydroxyl groups excluding tert-OH is 1. The Morgan fingerprint density at radius 2 is 2.00 bits per heavy atom. The van der Waals surface area contributed by atoms with E-state index in [0.717, 1.165) is 11.3 Å². The Hall–Kier alpha value is -0.180. The molecule has 0 aromatic heterocycles. The topological polar surface area (TPSA) is 20.2 Å². The molecule has 3 heteroatoms. The maximum atomic E-state index is 9.55. The molecule has 12 heavy (non-hydrogen) atoms. The number of aliphatic hydroxyl groups is 1. The fraction of sp³-hybridized carbons (Fsp3) is 0.333. The molecule has 0 amide bonds. The van der Waals surface area contributed by atoms with Crippen molar-refractivity contribution in [2.45, 2.75) is 6.10 Å². The molecule has 0 radical (unpaired) electrons. The van der Waals surface area contributed by atoms with Gasteiger partial charge in [-0.1, -0.05) is 23.7 Å². The first-order valence-electron chi connectivity index (χ1n) is 3.66. The Kier molecular flexibility index (Phi) is 3.92. The van der Waals surface area contributed by atoms with Crippen LogP contribution in [0.1, 0.15) is 11.7 Å². The first-order chi connectivity index (χ1) is 5.74. The van der Waals surface area contributed by atoms with Gasteiger partial charge in [-0.2, -0.15) is 11.8 Å². The number of halogens is 1. The van der Waals surface area contributed by atoms with Gasteiger partial charge in [-0.05, 0) is 24.0 Å². The highest BCUT2D eigenvalue weighted by atomic mass is 35.5. The fourth-order valence-electron chi connectivity index (χ4n) is 0.939. The summed E-state index contributed by atoms with van der Waals surface area (Å²) in [6.07, 6.45) is 1.59. The highest BCUT2D eigenvalue weighted by Crippen LogP contribution is 2.18.